The van der Waals surface area contributed by atoms with Crippen LogP contribution in [-0.2, 0) is 0 Å². The van der Waals surface area contributed by atoms with Crippen LogP contribution in [0.15, 0.2) is 40.9 Å². The molecule has 0 amide bonds. The molecular weight excluding hydrogens is 328 g/mol. The Labute approximate surface area is 125 Å². The minimum Gasteiger partial charge on any atom is -0.497 e. The van der Waals surface area contributed by atoms with E-state index in [2.05, 4.69) is 15.9 Å². The van der Waals surface area contributed by atoms with Gasteiger partial charge in [-0.1, -0.05) is 23.7 Å². The van der Waals surface area contributed by atoms with Gasteiger partial charge in [0.15, 0.2) is 5.78 Å². The summed E-state index contributed by atoms with van der Waals surface area (Å²) in [5.41, 5.74) is 1.96. The van der Waals surface area contributed by atoms with Crippen molar-refractivity contribution in [3.63, 3.8) is 0 Å². The van der Waals surface area contributed by atoms with Crippen molar-refractivity contribution in [1.29, 1.82) is 0 Å². The first-order valence-corrected chi connectivity index (χ1v) is 6.85. The van der Waals surface area contributed by atoms with Crippen LogP contribution in [0.3, 0.4) is 0 Å². The lowest BCUT2D eigenvalue weighted by atomic mass is 10.0. The van der Waals surface area contributed by atoms with Crippen molar-refractivity contribution in [1.82, 2.24) is 0 Å². The minimum absolute atomic E-state index is 0.108. The van der Waals surface area contributed by atoms with Crippen LogP contribution in [0.2, 0.25) is 5.02 Å². The number of ketones is 1. The highest BCUT2D eigenvalue weighted by Gasteiger charge is 2.16. The summed E-state index contributed by atoms with van der Waals surface area (Å²) >= 11 is 9.57. The van der Waals surface area contributed by atoms with Crippen LogP contribution in [0.5, 0.6) is 5.75 Å². The highest BCUT2D eigenvalue weighted by Crippen LogP contribution is 2.28. The molecule has 4 heteroatoms. The molecule has 0 aliphatic carbocycles. The summed E-state index contributed by atoms with van der Waals surface area (Å²) < 4.78 is 5.80. The van der Waals surface area contributed by atoms with Crippen LogP contribution in [-0.4, -0.2) is 12.9 Å². The van der Waals surface area contributed by atoms with Crippen molar-refractivity contribution in [2.75, 3.05) is 7.11 Å². The number of halogens is 2. The maximum absolute atomic E-state index is 12.5. The molecule has 0 aliphatic rings. The molecule has 2 aromatic rings. The lowest BCUT2D eigenvalue weighted by Crippen LogP contribution is -2.04. The number of rotatable bonds is 3. The van der Waals surface area contributed by atoms with Crippen LogP contribution >= 0.6 is 27.5 Å². The zero-order chi connectivity index (χ0) is 14.0. The first-order chi connectivity index (χ1) is 9.04. The van der Waals surface area contributed by atoms with E-state index in [1.54, 1.807) is 31.4 Å². The quantitative estimate of drug-likeness (QED) is 0.761. The van der Waals surface area contributed by atoms with Gasteiger partial charge in [-0.25, -0.2) is 0 Å². The van der Waals surface area contributed by atoms with E-state index in [9.17, 15) is 4.79 Å². The minimum atomic E-state index is -0.108. The Morgan fingerprint density at radius 1 is 1.21 bits per heavy atom. The predicted molar refractivity (Wildman–Crippen MR) is 80.3 cm³/mol. The molecule has 0 atom stereocenters. The molecule has 0 aliphatic heterocycles. The molecule has 19 heavy (non-hydrogen) atoms. The third kappa shape index (κ3) is 2.82. The first-order valence-electron chi connectivity index (χ1n) is 5.68. The summed E-state index contributed by atoms with van der Waals surface area (Å²) in [4.78, 5) is 12.5. The summed E-state index contributed by atoms with van der Waals surface area (Å²) in [5.74, 6) is 0.585. The molecule has 0 saturated heterocycles. The summed E-state index contributed by atoms with van der Waals surface area (Å²) in [6, 6.07) is 10.7. The van der Waals surface area contributed by atoms with Crippen LogP contribution in [0, 0.1) is 6.92 Å². The molecule has 0 heterocycles. The van der Waals surface area contributed by atoms with Gasteiger partial charge in [-0.05, 0) is 52.7 Å². The van der Waals surface area contributed by atoms with Crippen LogP contribution in [0.25, 0.3) is 0 Å². The molecule has 0 spiro atoms. The van der Waals surface area contributed by atoms with Gasteiger partial charge in [0.1, 0.15) is 5.75 Å². The van der Waals surface area contributed by atoms with Gasteiger partial charge in [-0.2, -0.15) is 0 Å². The largest absolute Gasteiger partial charge is 0.497 e. The van der Waals surface area contributed by atoms with Crippen molar-refractivity contribution in [3.05, 3.63) is 62.6 Å². The first kappa shape index (κ1) is 14.1. The monoisotopic (exact) mass is 338 g/mol. The molecule has 0 aromatic heterocycles. The third-order valence-electron chi connectivity index (χ3n) is 2.86. The predicted octanol–water partition coefficient (Wildman–Crippen LogP) is 4.65. The Bertz CT molecular complexity index is 638. The van der Waals surface area contributed by atoms with Crippen molar-refractivity contribution in [3.8, 4) is 5.75 Å². The van der Waals surface area contributed by atoms with E-state index in [0.29, 0.717) is 26.4 Å². The van der Waals surface area contributed by atoms with Gasteiger partial charge in [-0.3, -0.25) is 4.79 Å². The Hall–Kier alpha value is -1.32. The molecule has 0 fully saturated rings. The van der Waals surface area contributed by atoms with E-state index in [4.69, 9.17) is 16.3 Å². The highest BCUT2D eigenvalue weighted by molar-refractivity contribution is 9.10. The average molecular weight is 340 g/mol. The zero-order valence-corrected chi connectivity index (χ0v) is 12.9. The number of benzene rings is 2. The van der Waals surface area contributed by atoms with Crippen molar-refractivity contribution < 1.29 is 9.53 Å². The van der Waals surface area contributed by atoms with E-state index in [1.807, 2.05) is 19.1 Å². The molecular formula is C15H12BrClO2. The van der Waals surface area contributed by atoms with Gasteiger partial charge in [0.2, 0.25) is 0 Å². The standard InChI is InChI=1S/C15H12BrClO2/c1-9-4-3-5-12(14(9)17)15(18)11-7-6-10(19-2)8-13(11)16/h3-8H,1-2H3. The maximum Gasteiger partial charge on any atom is 0.195 e. The molecule has 0 bridgehead atoms. The average Bonchev–Trinajstić information content (AvgIpc) is 2.41. The number of carbonyl (C=O) groups is 1. The third-order valence-corrected chi connectivity index (χ3v) is 4.02. The molecule has 2 aromatic carbocycles. The van der Waals surface area contributed by atoms with Gasteiger partial charge in [0.25, 0.3) is 0 Å². The fraction of sp³-hybridized carbons (Fsp3) is 0.133. The second kappa shape index (κ2) is 5.76. The van der Waals surface area contributed by atoms with Crippen molar-refractivity contribution in [2.45, 2.75) is 6.92 Å². The lowest BCUT2D eigenvalue weighted by molar-refractivity contribution is 0.103. The van der Waals surface area contributed by atoms with Gasteiger partial charge in [0, 0.05) is 15.6 Å². The van der Waals surface area contributed by atoms with E-state index in [1.165, 1.54) is 0 Å². The molecule has 0 saturated carbocycles. The topological polar surface area (TPSA) is 26.3 Å². The number of methoxy groups -OCH3 is 1. The fourth-order valence-corrected chi connectivity index (χ4v) is 2.52. The number of carbonyl (C=O) groups excluding carboxylic acids is 1. The van der Waals surface area contributed by atoms with Crippen LogP contribution in [0.1, 0.15) is 21.5 Å². The smallest absolute Gasteiger partial charge is 0.195 e. The summed E-state index contributed by atoms with van der Waals surface area (Å²) in [6.07, 6.45) is 0. The van der Waals surface area contributed by atoms with Gasteiger partial charge in [-0.15, -0.1) is 0 Å². The van der Waals surface area contributed by atoms with E-state index in [-0.39, 0.29) is 5.78 Å². The Morgan fingerprint density at radius 3 is 2.58 bits per heavy atom. The normalized spacial score (nSPS) is 10.3. The number of hydrogen-bond donors (Lipinski definition) is 0. The van der Waals surface area contributed by atoms with Gasteiger partial charge in [0.05, 0.1) is 12.1 Å². The van der Waals surface area contributed by atoms with Gasteiger partial charge < -0.3 is 4.74 Å². The highest BCUT2D eigenvalue weighted by atomic mass is 79.9. The number of hydrogen-bond acceptors (Lipinski definition) is 2. The van der Waals surface area contributed by atoms with Crippen molar-refractivity contribution in [2.24, 2.45) is 0 Å². The van der Waals surface area contributed by atoms with E-state index in [0.717, 1.165) is 5.56 Å². The molecule has 0 unspecified atom stereocenters. The van der Waals surface area contributed by atoms with Crippen LogP contribution in [0.4, 0.5) is 0 Å². The molecule has 2 rings (SSSR count). The van der Waals surface area contributed by atoms with E-state index < -0.39 is 0 Å². The Kier molecular flexibility index (Phi) is 4.27. The van der Waals surface area contributed by atoms with Crippen molar-refractivity contribution >= 4 is 33.3 Å². The molecule has 0 N–H and O–H groups in total. The van der Waals surface area contributed by atoms with Crippen LogP contribution < -0.4 is 4.74 Å². The van der Waals surface area contributed by atoms with E-state index >= 15 is 0 Å². The zero-order valence-electron chi connectivity index (χ0n) is 10.5. The molecule has 98 valence electrons. The molecule has 2 nitrogen and oxygen atoms in total. The maximum atomic E-state index is 12.5. The second-order valence-electron chi connectivity index (χ2n) is 4.11. The molecule has 0 radical (unpaired) electrons. The Balaban J connectivity index is 2.47. The fourth-order valence-electron chi connectivity index (χ4n) is 1.77. The number of ether oxygens (including phenoxy) is 1. The Morgan fingerprint density at radius 2 is 1.95 bits per heavy atom. The second-order valence-corrected chi connectivity index (χ2v) is 5.34. The SMILES string of the molecule is COc1ccc(C(=O)c2cccc(C)c2Cl)c(Br)c1. The lowest BCUT2D eigenvalue weighted by Gasteiger charge is -2.08. The summed E-state index contributed by atoms with van der Waals surface area (Å²) in [5, 5.41) is 0.496. The summed E-state index contributed by atoms with van der Waals surface area (Å²) in [6.45, 7) is 1.88. The number of aryl methyl sites for hydroxylation is 1. The van der Waals surface area contributed by atoms with Gasteiger partial charge >= 0.3 is 0 Å². The summed E-state index contributed by atoms with van der Waals surface area (Å²) in [7, 11) is 1.58.